The number of rotatable bonds is 3. The van der Waals surface area contributed by atoms with E-state index in [4.69, 9.17) is 0 Å². The van der Waals surface area contributed by atoms with Crippen LogP contribution in [0.15, 0.2) is 388 Å². The first-order valence-electron chi connectivity index (χ1n) is 43.5. The summed E-state index contributed by atoms with van der Waals surface area (Å²) in [4.78, 5) is 7.86. The highest BCUT2D eigenvalue weighted by atomic mass is 15.1. The number of hydrogen-bond donors (Lipinski definition) is 0. The molecule has 33 rings (SSSR count). The molecular formula is C114H64B3N7. The van der Waals surface area contributed by atoms with Crippen molar-refractivity contribution in [1.82, 2.24) is 18.1 Å². The predicted octanol–water partition coefficient (Wildman–Crippen LogP) is 24.5. The minimum atomic E-state index is 0.104. The van der Waals surface area contributed by atoms with Gasteiger partial charge in [0.2, 0.25) is 0 Å². The maximum Gasteiger partial charge on any atom is 0.333 e. The first kappa shape index (κ1) is 64.9. The molecule has 9 aliphatic rings. The van der Waals surface area contributed by atoms with Crippen molar-refractivity contribution >= 4 is 191 Å². The van der Waals surface area contributed by atoms with Crippen molar-refractivity contribution in [2.75, 3.05) is 14.4 Å². The third-order valence-electron chi connectivity index (χ3n) is 29.5. The lowest BCUT2D eigenvalue weighted by molar-refractivity contribution is 1.17. The molecule has 0 saturated heterocycles. The Balaban J connectivity index is 0.0000000901. The second-order valence-electron chi connectivity index (χ2n) is 35.0. The van der Waals surface area contributed by atoms with Gasteiger partial charge in [-0.15, -0.1) is 0 Å². The number of anilines is 6. The zero-order valence-corrected chi connectivity index (χ0v) is 66.8. The number of nitrogens with zero attached hydrogens (tertiary/aromatic N) is 7. The lowest BCUT2D eigenvalue weighted by Crippen LogP contribution is -2.62. The van der Waals surface area contributed by atoms with Crippen molar-refractivity contribution in [3.8, 4) is 106 Å². The third-order valence-corrected chi connectivity index (χ3v) is 29.5. The number of fused-ring (bicyclic) bond motifs is 32. The van der Waals surface area contributed by atoms with Gasteiger partial charge in [0.25, 0.3) is 0 Å². The number of hydrogen-bond acceptors (Lipinski definition) is 3. The molecule has 0 unspecified atom stereocenters. The molecule has 124 heavy (non-hydrogen) atoms. The Morgan fingerprint density at radius 1 is 0.161 bits per heavy atom. The van der Waals surface area contributed by atoms with Crippen LogP contribution in [0.25, 0.3) is 210 Å². The van der Waals surface area contributed by atoms with Gasteiger partial charge in [0.05, 0.1) is 49.7 Å². The lowest BCUT2D eigenvalue weighted by Gasteiger charge is -2.46. The van der Waals surface area contributed by atoms with E-state index in [9.17, 15) is 0 Å². The van der Waals surface area contributed by atoms with Crippen LogP contribution in [0, 0.1) is 0 Å². The topological polar surface area (TPSA) is 28.9 Å². The molecule has 0 saturated carbocycles. The van der Waals surface area contributed by atoms with Crippen molar-refractivity contribution < 1.29 is 0 Å². The Hall–Kier alpha value is -16.0. The minimum Gasteiger partial charge on any atom is -0.376 e. The van der Waals surface area contributed by atoms with Crippen LogP contribution >= 0.6 is 0 Å². The second-order valence-corrected chi connectivity index (χ2v) is 35.0. The SMILES string of the molecule is c1ccc(-c2cc3c4ccc5c6c4n4c7c8c(ccc7c(c2)c34)-c2ccccc2N(B68)c2ccccc2-5)cc1.c1ccc(-c2ccc3c(c2)c2ccc4c5c2n3-c2cccc3c2B5N(c2ccccc2-3)c2ccccc2-4)cc1.c1ccc(-n2c3ccccc3c3c4c5ccc6c7c5n(c4ccc32)-c2cccc3c2B7N(c2ccccc2-3)c2ccccc2-6)cc1. The summed E-state index contributed by atoms with van der Waals surface area (Å²) in [6.45, 7) is 0.413. The van der Waals surface area contributed by atoms with E-state index in [1.54, 1.807) is 0 Å². The fourth-order valence-electron chi connectivity index (χ4n) is 25.0. The molecule has 0 bridgehead atoms. The molecular weight excluding hydrogens is 1500 g/mol. The second kappa shape index (κ2) is 23.1. The smallest absolute Gasteiger partial charge is 0.333 e. The van der Waals surface area contributed by atoms with Crippen molar-refractivity contribution in [1.29, 1.82) is 0 Å². The molecule has 24 aromatic rings. The standard InChI is InChI=1S/C42H24BN3.C36H19BN2.C36H21BN2/c1-2-11-25(12-3-1)44-32-17-7-6-15-30(32)38-35(44)23-24-36-39(38)31-22-21-29-27-14-5-9-19-34(27)46-33-18-8-4-13-26(33)28-16-10-20-37-40(28)43(46)41(29)42(31)45(36)37;1-2-8-20(9-3-1)21-18-28-26-16-14-24-22-10-4-6-12-30(22)39-31-13-7-5-11-23(31)25-15-17-27-29(19-21)34(28)38-35(26)32(24)37(39)33(25)36(27)38;1-2-9-22(10-3-1)23-17-20-30-29(21-23)28-19-18-27-25-12-5-7-15-32(25)39-31-14-6-4-11-24(31)26-13-8-16-33-34(26)37(39)35(27)36(28)38(30)33/h1-24H;1-19H;1-21H. The van der Waals surface area contributed by atoms with Crippen LogP contribution < -0.4 is 47.2 Å². The first-order valence-corrected chi connectivity index (χ1v) is 43.5. The average molecular weight is 1560 g/mol. The molecule has 0 aliphatic carbocycles. The molecule has 10 heteroatoms. The van der Waals surface area contributed by atoms with E-state index in [1.165, 1.54) is 276 Å². The van der Waals surface area contributed by atoms with Crippen molar-refractivity contribution in [2.24, 2.45) is 0 Å². The highest BCUT2D eigenvalue weighted by Gasteiger charge is 2.52. The van der Waals surface area contributed by atoms with Gasteiger partial charge in [-0.3, -0.25) is 0 Å². The van der Waals surface area contributed by atoms with E-state index in [0.717, 1.165) is 0 Å². The van der Waals surface area contributed by atoms with Gasteiger partial charge < -0.3 is 32.5 Å². The molecule has 0 amide bonds. The number of para-hydroxylation sites is 8. The summed E-state index contributed by atoms with van der Waals surface area (Å²) in [7, 11) is 0. The van der Waals surface area contributed by atoms with Gasteiger partial charge in [-0.2, -0.15) is 0 Å². The summed E-state index contributed by atoms with van der Waals surface area (Å²) in [5.41, 5.74) is 53.0. The Bertz CT molecular complexity index is 8910. The summed E-state index contributed by atoms with van der Waals surface area (Å²) in [5.74, 6) is 0. The maximum absolute atomic E-state index is 2.63. The normalized spacial score (nSPS) is 13.7. The maximum atomic E-state index is 2.63. The summed E-state index contributed by atoms with van der Waals surface area (Å²) < 4.78 is 10.2. The number of benzene rings is 19. The molecule has 0 spiro atoms. The van der Waals surface area contributed by atoms with Crippen LogP contribution in [0.4, 0.5) is 34.1 Å². The van der Waals surface area contributed by atoms with E-state index < -0.39 is 0 Å². The highest BCUT2D eigenvalue weighted by molar-refractivity contribution is 6.97. The fourth-order valence-corrected chi connectivity index (χ4v) is 25.0. The molecule has 9 aliphatic heterocycles. The Morgan fingerprint density at radius 3 is 0.968 bits per heavy atom. The first-order chi connectivity index (χ1) is 61.6. The molecule has 19 aromatic carbocycles. The van der Waals surface area contributed by atoms with Crippen LogP contribution in [-0.2, 0) is 0 Å². The van der Waals surface area contributed by atoms with Crippen LogP contribution in [0.5, 0.6) is 0 Å². The molecule has 5 aromatic heterocycles. The summed E-state index contributed by atoms with van der Waals surface area (Å²) in [5, 5.41) is 13.4. The molecule has 14 heterocycles. The summed E-state index contributed by atoms with van der Waals surface area (Å²) >= 11 is 0. The zero-order chi connectivity index (χ0) is 79.9. The van der Waals surface area contributed by atoms with E-state index in [0.29, 0.717) is 0 Å². The van der Waals surface area contributed by atoms with E-state index in [-0.39, 0.29) is 20.5 Å². The van der Waals surface area contributed by atoms with Crippen molar-refractivity contribution in [3.63, 3.8) is 0 Å². The minimum absolute atomic E-state index is 0.104. The Labute approximate surface area is 712 Å². The van der Waals surface area contributed by atoms with E-state index in [1.807, 2.05) is 0 Å². The lowest BCUT2D eigenvalue weighted by atomic mass is 9.41. The molecule has 0 atom stereocenters. The summed E-state index contributed by atoms with van der Waals surface area (Å²) in [6, 6.07) is 145. The van der Waals surface area contributed by atoms with Gasteiger partial charge in [0.15, 0.2) is 0 Å². The highest BCUT2D eigenvalue weighted by Crippen LogP contribution is 2.57. The van der Waals surface area contributed by atoms with Gasteiger partial charge in [-0.25, -0.2) is 0 Å². The summed E-state index contributed by atoms with van der Waals surface area (Å²) in [6.07, 6.45) is 0. The zero-order valence-electron chi connectivity index (χ0n) is 66.8. The van der Waals surface area contributed by atoms with Gasteiger partial charge in [0.1, 0.15) is 0 Å². The average Bonchev–Trinajstić information content (AvgIpc) is 1.49. The van der Waals surface area contributed by atoms with Crippen molar-refractivity contribution in [2.45, 2.75) is 0 Å². The third kappa shape index (κ3) is 7.80. The van der Waals surface area contributed by atoms with Gasteiger partial charge >= 0.3 is 20.5 Å². The molecule has 7 nitrogen and oxygen atoms in total. The molecule has 0 N–H and O–H groups in total. The largest absolute Gasteiger partial charge is 0.376 e. The van der Waals surface area contributed by atoms with E-state index in [2.05, 4.69) is 421 Å². The van der Waals surface area contributed by atoms with Gasteiger partial charge in [0, 0.05) is 138 Å². The van der Waals surface area contributed by atoms with Crippen LogP contribution in [-0.4, -0.2) is 38.6 Å². The predicted molar refractivity (Wildman–Crippen MR) is 522 cm³/mol. The van der Waals surface area contributed by atoms with E-state index >= 15 is 0 Å². The molecule has 564 valence electrons. The number of aromatic nitrogens is 4. The van der Waals surface area contributed by atoms with Gasteiger partial charge in [-0.1, -0.05) is 285 Å². The van der Waals surface area contributed by atoms with Crippen LogP contribution in [0.2, 0.25) is 0 Å². The Morgan fingerprint density at radius 2 is 0.484 bits per heavy atom. The monoisotopic (exact) mass is 1560 g/mol. The quantitative estimate of drug-likeness (QED) is 0.165. The molecule has 0 radical (unpaired) electrons. The fraction of sp³-hybridized carbons (Fsp3) is 0. The molecule has 0 fully saturated rings. The Kier molecular flexibility index (Phi) is 12.1. The van der Waals surface area contributed by atoms with Crippen molar-refractivity contribution in [3.05, 3.63) is 388 Å². The van der Waals surface area contributed by atoms with Crippen LogP contribution in [0.1, 0.15) is 0 Å². The van der Waals surface area contributed by atoms with Crippen LogP contribution in [0.3, 0.4) is 0 Å². The van der Waals surface area contributed by atoms with Gasteiger partial charge in [-0.05, 0) is 192 Å².